The topological polar surface area (TPSA) is 87.5 Å². The number of benzene rings is 1. The molecule has 0 bridgehead atoms. The molecular formula is C19H23FN4O3. The van der Waals surface area contributed by atoms with Gasteiger partial charge in [0.2, 0.25) is 5.91 Å². The molecule has 0 radical (unpaired) electrons. The maximum atomic E-state index is 13.0. The van der Waals surface area contributed by atoms with Crippen molar-refractivity contribution in [1.29, 1.82) is 0 Å². The van der Waals surface area contributed by atoms with Crippen LogP contribution in [-0.2, 0) is 22.7 Å². The molecule has 1 fully saturated rings. The molecule has 27 heavy (non-hydrogen) atoms. The smallest absolute Gasteiger partial charge is 0.307 e. The van der Waals surface area contributed by atoms with Crippen molar-refractivity contribution in [2.75, 3.05) is 18.4 Å². The molecule has 2 N–H and O–H groups in total. The lowest BCUT2D eigenvalue weighted by molar-refractivity contribution is -0.145. The van der Waals surface area contributed by atoms with Gasteiger partial charge < -0.3 is 10.4 Å². The summed E-state index contributed by atoms with van der Waals surface area (Å²) in [6.45, 7) is 4.17. The number of aryl methyl sites for hydroxylation is 1. The molecule has 8 heteroatoms. The van der Waals surface area contributed by atoms with Gasteiger partial charge in [-0.2, -0.15) is 5.10 Å². The van der Waals surface area contributed by atoms with E-state index < -0.39 is 17.8 Å². The Kier molecular flexibility index (Phi) is 5.85. The largest absolute Gasteiger partial charge is 0.481 e. The van der Waals surface area contributed by atoms with Gasteiger partial charge in [-0.3, -0.25) is 19.2 Å². The maximum absolute atomic E-state index is 13.0. The number of nitrogens with one attached hydrogen (secondary N) is 1. The molecule has 2 aromatic rings. The number of anilines is 1. The highest BCUT2D eigenvalue weighted by molar-refractivity contribution is 5.93. The van der Waals surface area contributed by atoms with Crippen molar-refractivity contribution in [2.45, 2.75) is 26.4 Å². The van der Waals surface area contributed by atoms with Crippen molar-refractivity contribution in [1.82, 2.24) is 14.7 Å². The van der Waals surface area contributed by atoms with Gasteiger partial charge in [0.15, 0.2) is 0 Å². The first-order valence-electron chi connectivity index (χ1n) is 8.97. The molecule has 1 aliphatic heterocycles. The lowest BCUT2D eigenvalue weighted by Crippen LogP contribution is -2.46. The number of hydrogen-bond acceptors (Lipinski definition) is 4. The SMILES string of the molecule is CCn1cc(CN2C[C@@H](C(=O)O)C[C@@H](C(=O)Nc3ccc(F)cc3)C2)cn1. The van der Waals surface area contributed by atoms with Crippen LogP contribution in [0.3, 0.4) is 0 Å². The molecular weight excluding hydrogens is 351 g/mol. The number of amides is 1. The van der Waals surface area contributed by atoms with E-state index in [1.807, 2.05) is 22.7 Å². The van der Waals surface area contributed by atoms with Crippen LogP contribution in [0.2, 0.25) is 0 Å². The number of aromatic nitrogens is 2. The van der Waals surface area contributed by atoms with Gasteiger partial charge in [-0.25, -0.2) is 4.39 Å². The third-order valence-electron chi connectivity index (χ3n) is 4.77. The fourth-order valence-electron chi connectivity index (χ4n) is 3.39. The Bertz CT molecular complexity index is 806. The Morgan fingerprint density at radius 2 is 1.96 bits per heavy atom. The number of carbonyl (C=O) groups excluding carboxylic acids is 1. The predicted molar refractivity (Wildman–Crippen MR) is 97.4 cm³/mol. The van der Waals surface area contributed by atoms with Crippen LogP contribution in [0.15, 0.2) is 36.7 Å². The van der Waals surface area contributed by atoms with E-state index in [0.717, 1.165) is 12.1 Å². The fraction of sp³-hybridized carbons (Fsp3) is 0.421. The maximum Gasteiger partial charge on any atom is 0.307 e. The average Bonchev–Trinajstić information content (AvgIpc) is 3.10. The second kappa shape index (κ2) is 8.30. The second-order valence-electron chi connectivity index (χ2n) is 6.86. The number of likely N-dealkylation sites (tertiary alicyclic amines) is 1. The molecule has 7 nitrogen and oxygen atoms in total. The number of carboxylic acid groups (broad SMARTS) is 1. The highest BCUT2D eigenvalue weighted by Crippen LogP contribution is 2.25. The third kappa shape index (κ3) is 4.91. The highest BCUT2D eigenvalue weighted by atomic mass is 19.1. The average molecular weight is 374 g/mol. The van der Waals surface area contributed by atoms with Gasteiger partial charge in [0, 0.05) is 43.6 Å². The molecule has 3 rings (SSSR count). The summed E-state index contributed by atoms with van der Waals surface area (Å²) in [5.74, 6) is -2.59. The molecule has 1 aromatic carbocycles. The molecule has 2 heterocycles. The minimum absolute atomic E-state index is 0.248. The molecule has 1 amide bonds. The lowest BCUT2D eigenvalue weighted by Gasteiger charge is -2.35. The molecule has 0 spiro atoms. The van der Waals surface area contributed by atoms with Crippen molar-refractivity contribution in [2.24, 2.45) is 11.8 Å². The van der Waals surface area contributed by atoms with Crippen LogP contribution in [0.4, 0.5) is 10.1 Å². The summed E-state index contributed by atoms with van der Waals surface area (Å²) in [7, 11) is 0. The minimum Gasteiger partial charge on any atom is -0.481 e. The number of carboxylic acids is 1. The first-order chi connectivity index (χ1) is 12.9. The highest BCUT2D eigenvalue weighted by Gasteiger charge is 2.35. The normalized spacial score (nSPS) is 20.4. The number of rotatable bonds is 6. The summed E-state index contributed by atoms with van der Waals surface area (Å²) in [5.41, 5.74) is 1.48. The Hall–Kier alpha value is -2.74. The summed E-state index contributed by atoms with van der Waals surface area (Å²) in [6, 6.07) is 5.52. The van der Waals surface area contributed by atoms with Gasteiger partial charge in [0.25, 0.3) is 0 Å². The van der Waals surface area contributed by atoms with Crippen LogP contribution in [-0.4, -0.2) is 44.8 Å². The van der Waals surface area contributed by atoms with E-state index in [2.05, 4.69) is 10.4 Å². The van der Waals surface area contributed by atoms with Crippen molar-refractivity contribution in [3.63, 3.8) is 0 Å². The summed E-state index contributed by atoms with van der Waals surface area (Å²) in [4.78, 5) is 26.2. The van der Waals surface area contributed by atoms with Crippen LogP contribution >= 0.6 is 0 Å². The van der Waals surface area contributed by atoms with E-state index in [9.17, 15) is 19.1 Å². The van der Waals surface area contributed by atoms with E-state index in [4.69, 9.17) is 0 Å². The predicted octanol–water partition coefficient (Wildman–Crippen LogP) is 2.20. The Morgan fingerprint density at radius 3 is 2.59 bits per heavy atom. The fourth-order valence-corrected chi connectivity index (χ4v) is 3.39. The van der Waals surface area contributed by atoms with Gasteiger partial charge in [0.1, 0.15) is 5.82 Å². The van der Waals surface area contributed by atoms with Gasteiger partial charge >= 0.3 is 5.97 Å². The standard InChI is InChI=1S/C19H23FN4O3/c1-2-24-10-13(8-21-24)9-23-11-14(7-15(12-23)19(26)27)18(25)22-17-5-3-16(20)4-6-17/h3-6,8,10,14-15H,2,7,9,11-12H2,1H3,(H,22,25)(H,26,27)/t14-,15+/m1/s1. The van der Waals surface area contributed by atoms with Gasteiger partial charge in [-0.1, -0.05) is 0 Å². The molecule has 144 valence electrons. The Labute approximate surface area is 156 Å². The monoisotopic (exact) mass is 374 g/mol. The number of halogens is 1. The van der Waals surface area contributed by atoms with Crippen molar-refractivity contribution < 1.29 is 19.1 Å². The second-order valence-corrected chi connectivity index (χ2v) is 6.86. The number of nitrogens with zero attached hydrogens (tertiary/aromatic N) is 3. The van der Waals surface area contributed by atoms with E-state index in [-0.39, 0.29) is 18.1 Å². The molecule has 0 unspecified atom stereocenters. The van der Waals surface area contributed by atoms with E-state index in [0.29, 0.717) is 25.3 Å². The first-order valence-corrected chi connectivity index (χ1v) is 8.97. The van der Waals surface area contributed by atoms with Crippen LogP contribution < -0.4 is 5.32 Å². The number of piperidine rings is 1. The molecule has 0 saturated carbocycles. The molecule has 0 aliphatic carbocycles. The summed E-state index contributed by atoms with van der Waals surface area (Å²) >= 11 is 0. The zero-order chi connectivity index (χ0) is 19.4. The molecule has 2 atom stereocenters. The minimum atomic E-state index is -0.900. The quantitative estimate of drug-likeness (QED) is 0.809. The number of carbonyl (C=O) groups is 2. The summed E-state index contributed by atoms with van der Waals surface area (Å²) in [5, 5.41) is 16.5. The molecule has 1 saturated heterocycles. The summed E-state index contributed by atoms with van der Waals surface area (Å²) in [6.07, 6.45) is 3.98. The van der Waals surface area contributed by atoms with E-state index in [1.54, 1.807) is 6.20 Å². The van der Waals surface area contributed by atoms with Gasteiger partial charge in [-0.05, 0) is 37.6 Å². The van der Waals surface area contributed by atoms with Crippen LogP contribution in [0.25, 0.3) is 0 Å². The molecule has 1 aliphatic rings. The van der Waals surface area contributed by atoms with Crippen molar-refractivity contribution >= 4 is 17.6 Å². The first kappa shape index (κ1) is 19.0. The molecule has 1 aromatic heterocycles. The third-order valence-corrected chi connectivity index (χ3v) is 4.77. The van der Waals surface area contributed by atoms with Crippen molar-refractivity contribution in [3.8, 4) is 0 Å². The van der Waals surface area contributed by atoms with Crippen molar-refractivity contribution in [3.05, 3.63) is 48.0 Å². The summed E-state index contributed by atoms with van der Waals surface area (Å²) < 4.78 is 14.8. The van der Waals surface area contributed by atoms with E-state index in [1.165, 1.54) is 24.3 Å². The zero-order valence-corrected chi connectivity index (χ0v) is 15.1. The van der Waals surface area contributed by atoms with E-state index >= 15 is 0 Å². The van der Waals surface area contributed by atoms with Crippen LogP contribution in [0.1, 0.15) is 18.9 Å². The van der Waals surface area contributed by atoms with Crippen LogP contribution in [0.5, 0.6) is 0 Å². The number of aliphatic carboxylic acids is 1. The Balaban J connectivity index is 1.68. The Morgan fingerprint density at radius 1 is 1.26 bits per heavy atom. The number of hydrogen-bond donors (Lipinski definition) is 2. The van der Waals surface area contributed by atoms with Crippen LogP contribution in [0, 0.1) is 17.7 Å². The zero-order valence-electron chi connectivity index (χ0n) is 15.1. The van der Waals surface area contributed by atoms with Gasteiger partial charge in [0.05, 0.1) is 18.0 Å². The van der Waals surface area contributed by atoms with Gasteiger partial charge in [-0.15, -0.1) is 0 Å². The lowest BCUT2D eigenvalue weighted by atomic mass is 9.88.